The SMILES string of the molecule is COCCn1nc(C2CCCCN2C(=O)Cc2cccc(C)c2)c2c1CCOC2. The first-order valence-electron chi connectivity index (χ1n) is 10.7. The van der Waals surface area contributed by atoms with Crippen LogP contribution in [0.2, 0.25) is 0 Å². The fourth-order valence-electron chi connectivity index (χ4n) is 4.58. The molecule has 1 fully saturated rings. The first-order chi connectivity index (χ1) is 14.2. The van der Waals surface area contributed by atoms with Crippen LogP contribution >= 0.6 is 0 Å². The molecule has 1 unspecified atom stereocenters. The number of likely N-dealkylation sites (tertiary alicyclic amines) is 1. The number of fused-ring (bicyclic) bond motifs is 1. The lowest BCUT2D eigenvalue weighted by Crippen LogP contribution is -2.40. The number of amides is 1. The number of carbonyl (C=O) groups excluding carboxylic acids is 1. The predicted octanol–water partition coefficient (Wildman–Crippen LogP) is 3.21. The summed E-state index contributed by atoms with van der Waals surface area (Å²) in [6, 6.07) is 8.28. The van der Waals surface area contributed by atoms with E-state index in [-0.39, 0.29) is 11.9 Å². The first-order valence-corrected chi connectivity index (χ1v) is 10.7. The monoisotopic (exact) mass is 397 g/mol. The molecule has 2 aliphatic rings. The van der Waals surface area contributed by atoms with E-state index in [0.717, 1.165) is 56.6 Å². The van der Waals surface area contributed by atoms with Gasteiger partial charge in [0.1, 0.15) is 0 Å². The van der Waals surface area contributed by atoms with Gasteiger partial charge in [-0.3, -0.25) is 9.48 Å². The van der Waals surface area contributed by atoms with Gasteiger partial charge in [-0.2, -0.15) is 5.10 Å². The number of hydrogen-bond acceptors (Lipinski definition) is 4. The zero-order valence-corrected chi connectivity index (χ0v) is 17.5. The molecule has 1 saturated heterocycles. The highest BCUT2D eigenvalue weighted by atomic mass is 16.5. The minimum atomic E-state index is 0.0419. The van der Waals surface area contributed by atoms with Crippen LogP contribution in [0.5, 0.6) is 0 Å². The molecule has 0 N–H and O–H groups in total. The van der Waals surface area contributed by atoms with Crippen molar-refractivity contribution in [3.63, 3.8) is 0 Å². The molecule has 1 amide bonds. The van der Waals surface area contributed by atoms with Gasteiger partial charge in [0.15, 0.2) is 0 Å². The van der Waals surface area contributed by atoms with Crippen LogP contribution < -0.4 is 0 Å². The molecule has 29 heavy (non-hydrogen) atoms. The lowest BCUT2D eigenvalue weighted by Gasteiger charge is -2.35. The van der Waals surface area contributed by atoms with Crippen LogP contribution in [0.3, 0.4) is 0 Å². The smallest absolute Gasteiger partial charge is 0.227 e. The number of carbonyl (C=O) groups is 1. The molecule has 0 radical (unpaired) electrons. The summed E-state index contributed by atoms with van der Waals surface area (Å²) >= 11 is 0. The van der Waals surface area contributed by atoms with Gasteiger partial charge in [0, 0.05) is 31.3 Å². The van der Waals surface area contributed by atoms with Crippen molar-refractivity contribution in [3.8, 4) is 0 Å². The van der Waals surface area contributed by atoms with E-state index in [2.05, 4.69) is 28.6 Å². The van der Waals surface area contributed by atoms with Gasteiger partial charge < -0.3 is 14.4 Å². The third-order valence-corrected chi connectivity index (χ3v) is 6.01. The van der Waals surface area contributed by atoms with Crippen LogP contribution in [0.4, 0.5) is 0 Å². The molecule has 2 aliphatic heterocycles. The Hall–Kier alpha value is -2.18. The largest absolute Gasteiger partial charge is 0.383 e. The summed E-state index contributed by atoms with van der Waals surface area (Å²) in [4.78, 5) is 15.3. The van der Waals surface area contributed by atoms with Crippen LogP contribution in [-0.4, -0.2) is 47.5 Å². The second-order valence-corrected chi connectivity index (χ2v) is 8.09. The van der Waals surface area contributed by atoms with Crippen molar-refractivity contribution >= 4 is 5.91 Å². The maximum atomic E-state index is 13.2. The number of nitrogens with zero attached hydrogens (tertiary/aromatic N) is 3. The van der Waals surface area contributed by atoms with Gasteiger partial charge in [0.2, 0.25) is 5.91 Å². The summed E-state index contributed by atoms with van der Waals surface area (Å²) in [6.07, 6.45) is 4.46. The van der Waals surface area contributed by atoms with Crippen molar-refractivity contribution in [2.24, 2.45) is 0 Å². The number of hydrogen-bond donors (Lipinski definition) is 0. The van der Waals surface area contributed by atoms with Crippen molar-refractivity contribution in [1.29, 1.82) is 0 Å². The maximum Gasteiger partial charge on any atom is 0.227 e. The molecule has 1 atom stereocenters. The highest BCUT2D eigenvalue weighted by Gasteiger charge is 2.34. The van der Waals surface area contributed by atoms with Crippen LogP contribution in [-0.2, 0) is 40.3 Å². The van der Waals surface area contributed by atoms with Gasteiger partial charge in [-0.1, -0.05) is 29.8 Å². The molecule has 4 rings (SSSR count). The Morgan fingerprint density at radius 2 is 2.24 bits per heavy atom. The molecular weight excluding hydrogens is 366 g/mol. The molecule has 0 spiro atoms. The molecule has 6 nitrogen and oxygen atoms in total. The molecule has 156 valence electrons. The van der Waals surface area contributed by atoms with Crippen LogP contribution in [0.15, 0.2) is 24.3 Å². The summed E-state index contributed by atoms with van der Waals surface area (Å²) in [7, 11) is 1.72. The zero-order valence-electron chi connectivity index (χ0n) is 17.5. The Morgan fingerprint density at radius 3 is 3.07 bits per heavy atom. The van der Waals surface area contributed by atoms with Gasteiger partial charge in [0.05, 0.1) is 44.5 Å². The fraction of sp³-hybridized carbons (Fsp3) is 0.565. The Kier molecular flexibility index (Phi) is 6.31. The van der Waals surface area contributed by atoms with E-state index >= 15 is 0 Å². The lowest BCUT2D eigenvalue weighted by atomic mass is 9.94. The topological polar surface area (TPSA) is 56.6 Å². The van der Waals surface area contributed by atoms with Crippen molar-refractivity contribution in [3.05, 3.63) is 52.3 Å². The second kappa shape index (κ2) is 9.09. The molecule has 0 saturated carbocycles. The molecule has 3 heterocycles. The Labute approximate surface area is 172 Å². The van der Waals surface area contributed by atoms with Crippen LogP contribution in [0, 0.1) is 6.92 Å². The third-order valence-electron chi connectivity index (χ3n) is 6.01. The normalized spacial score (nSPS) is 19.2. The standard InChI is InChI=1S/C23H31N3O3/c1-17-6-5-7-18(14-17)15-22(27)25-10-4-3-8-21(25)23-19-16-29-12-9-20(19)26(24-23)11-13-28-2/h5-7,14,21H,3-4,8-13,15-16H2,1-2H3. The van der Waals surface area contributed by atoms with Crippen molar-refractivity contribution in [2.75, 3.05) is 26.9 Å². The van der Waals surface area contributed by atoms with E-state index in [0.29, 0.717) is 19.6 Å². The Morgan fingerprint density at radius 1 is 1.34 bits per heavy atom. The van der Waals surface area contributed by atoms with E-state index in [1.807, 2.05) is 12.1 Å². The van der Waals surface area contributed by atoms with Crippen molar-refractivity contribution in [1.82, 2.24) is 14.7 Å². The number of aromatic nitrogens is 2. The number of rotatable bonds is 6. The summed E-state index contributed by atoms with van der Waals surface area (Å²) in [5.74, 6) is 0.192. The predicted molar refractivity (Wildman–Crippen MR) is 111 cm³/mol. The number of benzene rings is 1. The maximum absolute atomic E-state index is 13.2. The number of piperidine rings is 1. The van der Waals surface area contributed by atoms with E-state index in [1.165, 1.54) is 16.8 Å². The summed E-state index contributed by atoms with van der Waals surface area (Å²) in [5, 5.41) is 4.97. The highest BCUT2D eigenvalue weighted by Crippen LogP contribution is 2.35. The Balaban J connectivity index is 1.60. The summed E-state index contributed by atoms with van der Waals surface area (Å²) in [6.45, 7) is 5.56. The average Bonchev–Trinajstić information content (AvgIpc) is 3.11. The molecule has 0 bridgehead atoms. The molecule has 2 aromatic rings. The average molecular weight is 398 g/mol. The minimum absolute atomic E-state index is 0.0419. The molecule has 1 aromatic heterocycles. The quantitative estimate of drug-likeness (QED) is 0.751. The molecule has 0 aliphatic carbocycles. The van der Waals surface area contributed by atoms with Gasteiger partial charge in [-0.15, -0.1) is 0 Å². The van der Waals surface area contributed by atoms with E-state index < -0.39 is 0 Å². The molecular formula is C23H31N3O3. The minimum Gasteiger partial charge on any atom is -0.383 e. The van der Waals surface area contributed by atoms with Crippen molar-refractivity contribution < 1.29 is 14.3 Å². The summed E-state index contributed by atoms with van der Waals surface area (Å²) < 4.78 is 13.1. The first kappa shape index (κ1) is 20.1. The van der Waals surface area contributed by atoms with Crippen LogP contribution in [0.1, 0.15) is 53.4 Å². The summed E-state index contributed by atoms with van der Waals surface area (Å²) in [5.41, 5.74) is 5.74. The van der Waals surface area contributed by atoms with Gasteiger partial charge in [-0.25, -0.2) is 0 Å². The van der Waals surface area contributed by atoms with E-state index in [4.69, 9.17) is 14.6 Å². The van der Waals surface area contributed by atoms with E-state index in [1.54, 1.807) is 7.11 Å². The third kappa shape index (κ3) is 4.38. The lowest BCUT2D eigenvalue weighted by molar-refractivity contribution is -0.134. The van der Waals surface area contributed by atoms with E-state index in [9.17, 15) is 4.79 Å². The van der Waals surface area contributed by atoms with Gasteiger partial charge >= 0.3 is 0 Å². The number of methoxy groups -OCH3 is 1. The van der Waals surface area contributed by atoms with Crippen LogP contribution in [0.25, 0.3) is 0 Å². The van der Waals surface area contributed by atoms with Gasteiger partial charge in [0.25, 0.3) is 0 Å². The zero-order chi connectivity index (χ0) is 20.2. The highest BCUT2D eigenvalue weighted by molar-refractivity contribution is 5.79. The molecule has 1 aromatic carbocycles. The number of aryl methyl sites for hydroxylation is 1. The Bertz CT molecular complexity index is 861. The second-order valence-electron chi connectivity index (χ2n) is 8.09. The molecule has 6 heteroatoms. The fourth-order valence-corrected chi connectivity index (χ4v) is 4.58. The number of ether oxygens (including phenoxy) is 2. The van der Waals surface area contributed by atoms with Gasteiger partial charge in [-0.05, 0) is 31.7 Å². The van der Waals surface area contributed by atoms with Crippen molar-refractivity contribution in [2.45, 2.75) is 58.2 Å².